The van der Waals surface area contributed by atoms with Crippen LogP contribution in [0, 0.1) is 11.8 Å². The van der Waals surface area contributed by atoms with Gasteiger partial charge in [0.1, 0.15) is 6.10 Å². The summed E-state index contributed by atoms with van der Waals surface area (Å²) >= 11 is 3.27. The monoisotopic (exact) mass is 368 g/mol. The summed E-state index contributed by atoms with van der Waals surface area (Å²) in [5, 5.41) is 8.70. The van der Waals surface area contributed by atoms with E-state index in [2.05, 4.69) is 39.9 Å². The first-order valence-electron chi connectivity index (χ1n) is 8.01. The SMILES string of the molecule is O=C(O)C[C@@H]1CC[C@@H](C#CC=CCCCCCCC=CBr)O1. The first-order chi connectivity index (χ1) is 10.7. The van der Waals surface area contributed by atoms with E-state index in [-0.39, 0.29) is 18.6 Å². The summed E-state index contributed by atoms with van der Waals surface area (Å²) in [6.07, 6.45) is 14.8. The van der Waals surface area contributed by atoms with Crippen LogP contribution in [0.15, 0.2) is 23.2 Å². The highest BCUT2D eigenvalue weighted by molar-refractivity contribution is 9.11. The highest BCUT2D eigenvalue weighted by atomic mass is 79.9. The Morgan fingerprint density at radius 3 is 2.59 bits per heavy atom. The summed E-state index contributed by atoms with van der Waals surface area (Å²) in [5.41, 5.74) is 0. The number of carboxylic acids is 1. The van der Waals surface area contributed by atoms with Gasteiger partial charge in [-0.05, 0) is 49.6 Å². The van der Waals surface area contributed by atoms with Gasteiger partial charge in [-0.15, -0.1) is 0 Å². The lowest BCUT2D eigenvalue weighted by Crippen LogP contribution is -2.13. The molecule has 1 aliphatic heterocycles. The van der Waals surface area contributed by atoms with Crippen molar-refractivity contribution in [3.63, 3.8) is 0 Å². The molecule has 0 radical (unpaired) electrons. The number of hydrogen-bond donors (Lipinski definition) is 1. The minimum absolute atomic E-state index is 0.0828. The molecule has 0 spiro atoms. The van der Waals surface area contributed by atoms with E-state index in [1.807, 2.05) is 11.1 Å². The van der Waals surface area contributed by atoms with Gasteiger partial charge in [0, 0.05) is 0 Å². The van der Waals surface area contributed by atoms with Gasteiger partial charge in [-0.1, -0.05) is 52.8 Å². The molecule has 0 saturated carbocycles. The number of rotatable bonds is 9. The number of aliphatic carboxylic acids is 1. The van der Waals surface area contributed by atoms with Gasteiger partial charge < -0.3 is 9.84 Å². The normalized spacial score (nSPS) is 21.3. The van der Waals surface area contributed by atoms with Crippen LogP contribution in [0.4, 0.5) is 0 Å². The fraction of sp³-hybridized carbons (Fsp3) is 0.611. The molecule has 0 aromatic rings. The van der Waals surface area contributed by atoms with Crippen LogP contribution in [0.2, 0.25) is 0 Å². The minimum atomic E-state index is -0.804. The van der Waals surface area contributed by atoms with Crippen LogP contribution in [0.3, 0.4) is 0 Å². The summed E-state index contributed by atoms with van der Waals surface area (Å²) in [5.74, 6) is 5.24. The first kappa shape index (κ1) is 19.0. The predicted molar refractivity (Wildman–Crippen MR) is 92.8 cm³/mol. The lowest BCUT2D eigenvalue weighted by Gasteiger charge is -2.06. The highest BCUT2D eigenvalue weighted by Gasteiger charge is 2.25. The Balaban J connectivity index is 2.03. The van der Waals surface area contributed by atoms with Crippen molar-refractivity contribution in [1.29, 1.82) is 0 Å². The third kappa shape index (κ3) is 9.81. The molecule has 4 heteroatoms. The summed E-state index contributed by atoms with van der Waals surface area (Å²) in [4.78, 5) is 12.5. The van der Waals surface area contributed by atoms with Gasteiger partial charge in [0.2, 0.25) is 0 Å². The molecule has 1 aliphatic rings. The largest absolute Gasteiger partial charge is 0.481 e. The summed E-state index contributed by atoms with van der Waals surface area (Å²) in [7, 11) is 0. The van der Waals surface area contributed by atoms with Gasteiger partial charge in [-0.3, -0.25) is 4.79 Å². The van der Waals surface area contributed by atoms with Crippen LogP contribution in [-0.4, -0.2) is 23.3 Å². The molecule has 1 saturated heterocycles. The van der Waals surface area contributed by atoms with Crippen LogP contribution in [0.5, 0.6) is 0 Å². The van der Waals surface area contributed by atoms with E-state index < -0.39 is 5.97 Å². The maximum atomic E-state index is 10.6. The Hall–Kier alpha value is -1.05. The number of carbonyl (C=O) groups is 1. The van der Waals surface area contributed by atoms with Gasteiger partial charge in [-0.25, -0.2) is 0 Å². The zero-order chi connectivity index (χ0) is 16.0. The molecule has 3 nitrogen and oxygen atoms in total. The average molecular weight is 369 g/mol. The van der Waals surface area contributed by atoms with E-state index in [9.17, 15) is 4.79 Å². The molecule has 122 valence electrons. The third-order valence-corrected chi connectivity index (χ3v) is 3.91. The molecule has 1 rings (SSSR count). The predicted octanol–water partition coefficient (Wildman–Crippen LogP) is 4.82. The summed E-state index contributed by atoms with van der Waals surface area (Å²) in [6.45, 7) is 0. The van der Waals surface area contributed by atoms with Crippen molar-refractivity contribution >= 4 is 21.9 Å². The summed E-state index contributed by atoms with van der Waals surface area (Å²) in [6, 6.07) is 0. The van der Waals surface area contributed by atoms with E-state index in [1.54, 1.807) is 0 Å². The van der Waals surface area contributed by atoms with E-state index in [0.29, 0.717) is 0 Å². The molecule has 0 unspecified atom stereocenters. The average Bonchev–Trinajstić information content (AvgIpc) is 2.91. The van der Waals surface area contributed by atoms with Crippen molar-refractivity contribution in [2.24, 2.45) is 0 Å². The van der Waals surface area contributed by atoms with Crippen molar-refractivity contribution in [2.75, 3.05) is 0 Å². The standard InChI is InChI=1S/C18H25BrO3/c19-14-10-8-6-4-2-1-3-5-7-9-11-16-12-13-17(22-16)15-18(20)21/h5,7,10,14,16-17H,1-4,6,8,12-13,15H2,(H,20,21)/t16-,17+/m1/s1. The molecule has 1 heterocycles. The number of unbranched alkanes of at least 4 members (excludes halogenated alkanes) is 5. The lowest BCUT2D eigenvalue weighted by atomic mass is 10.1. The molecule has 0 aromatic carbocycles. The number of hydrogen-bond acceptors (Lipinski definition) is 2. The van der Waals surface area contributed by atoms with Gasteiger partial charge in [0.25, 0.3) is 0 Å². The molecule has 22 heavy (non-hydrogen) atoms. The molecule has 0 aliphatic carbocycles. The quantitative estimate of drug-likeness (QED) is 0.468. The lowest BCUT2D eigenvalue weighted by molar-refractivity contribution is -0.139. The van der Waals surface area contributed by atoms with Crippen LogP contribution < -0.4 is 0 Å². The van der Waals surface area contributed by atoms with Crippen LogP contribution in [-0.2, 0) is 9.53 Å². The Morgan fingerprint density at radius 2 is 1.91 bits per heavy atom. The second-order valence-corrected chi connectivity index (χ2v) is 5.99. The summed E-state index contributed by atoms with van der Waals surface area (Å²) < 4.78 is 5.57. The minimum Gasteiger partial charge on any atom is -0.481 e. The van der Waals surface area contributed by atoms with E-state index in [4.69, 9.17) is 9.84 Å². The fourth-order valence-electron chi connectivity index (χ4n) is 2.38. The van der Waals surface area contributed by atoms with Gasteiger partial charge in [-0.2, -0.15) is 0 Å². The Labute approximate surface area is 141 Å². The topological polar surface area (TPSA) is 46.5 Å². The molecule has 1 fully saturated rings. The maximum absolute atomic E-state index is 10.6. The van der Waals surface area contributed by atoms with Crippen molar-refractivity contribution in [3.8, 4) is 11.8 Å². The van der Waals surface area contributed by atoms with Crippen LogP contribution >= 0.6 is 15.9 Å². The Kier molecular flexibility index (Phi) is 10.8. The van der Waals surface area contributed by atoms with Crippen molar-refractivity contribution in [1.82, 2.24) is 0 Å². The zero-order valence-corrected chi connectivity index (χ0v) is 14.6. The smallest absolute Gasteiger partial charge is 0.305 e. The van der Waals surface area contributed by atoms with E-state index in [0.717, 1.165) is 25.7 Å². The first-order valence-corrected chi connectivity index (χ1v) is 8.92. The number of ether oxygens (including phenoxy) is 1. The van der Waals surface area contributed by atoms with Crippen molar-refractivity contribution in [3.05, 3.63) is 23.2 Å². The third-order valence-electron chi connectivity index (χ3n) is 3.54. The van der Waals surface area contributed by atoms with Crippen molar-refractivity contribution in [2.45, 2.75) is 70.0 Å². The number of allylic oxidation sites excluding steroid dienone is 3. The fourth-order valence-corrected chi connectivity index (χ4v) is 2.65. The van der Waals surface area contributed by atoms with Gasteiger partial charge >= 0.3 is 5.97 Å². The van der Waals surface area contributed by atoms with E-state index >= 15 is 0 Å². The molecule has 1 N–H and O–H groups in total. The van der Waals surface area contributed by atoms with E-state index in [1.165, 1.54) is 25.7 Å². The highest BCUT2D eigenvalue weighted by Crippen LogP contribution is 2.21. The Bertz CT molecular complexity index is 431. The Morgan fingerprint density at radius 1 is 1.18 bits per heavy atom. The molecule has 2 atom stereocenters. The van der Waals surface area contributed by atoms with Crippen molar-refractivity contribution < 1.29 is 14.6 Å². The molecule has 0 aromatic heterocycles. The van der Waals surface area contributed by atoms with Crippen LogP contribution in [0.25, 0.3) is 0 Å². The molecular weight excluding hydrogens is 344 g/mol. The zero-order valence-electron chi connectivity index (χ0n) is 13.0. The molecule has 0 bridgehead atoms. The second-order valence-electron chi connectivity index (χ2n) is 5.47. The second kappa shape index (κ2) is 12.5. The molecule has 0 amide bonds. The van der Waals surface area contributed by atoms with Gasteiger partial charge in [0.15, 0.2) is 0 Å². The number of carboxylic acid groups (broad SMARTS) is 1. The van der Waals surface area contributed by atoms with Gasteiger partial charge in [0.05, 0.1) is 12.5 Å². The molecular formula is C18H25BrO3. The maximum Gasteiger partial charge on any atom is 0.305 e. The van der Waals surface area contributed by atoms with Crippen LogP contribution in [0.1, 0.15) is 57.8 Å². The number of halogens is 1.